The number of rotatable bonds is 8. The number of aromatic nitrogens is 2. The fourth-order valence-corrected chi connectivity index (χ4v) is 11.3. The molecule has 8 aromatic carbocycles. The van der Waals surface area contributed by atoms with Crippen LogP contribution in [0.4, 0.5) is 0 Å². The molecule has 3 heterocycles. The molecule has 0 atom stereocenters. The first-order valence-electron chi connectivity index (χ1n) is 27.0. The quantitative estimate of drug-likeness (QED) is 0.0865. The van der Waals surface area contributed by atoms with Gasteiger partial charge in [0.05, 0.1) is 0 Å². The molecule has 394 valence electrons. The van der Waals surface area contributed by atoms with Crippen LogP contribution < -0.4 is 0 Å². The van der Waals surface area contributed by atoms with Crippen LogP contribution in [0.1, 0.15) is 97.1 Å². The summed E-state index contributed by atoms with van der Waals surface area (Å²) < 4.78 is 2.60. The molecule has 3 aromatic heterocycles. The van der Waals surface area contributed by atoms with Crippen LogP contribution in [0, 0.1) is 31.4 Å². The zero-order valence-electron chi connectivity index (χ0n) is 47.3. The van der Waals surface area contributed by atoms with Crippen molar-refractivity contribution in [3.63, 3.8) is 0 Å². The second-order valence-electron chi connectivity index (χ2n) is 23.0. The van der Waals surface area contributed by atoms with Gasteiger partial charge >= 0.3 is 20.1 Å². The van der Waals surface area contributed by atoms with Crippen LogP contribution in [-0.4, -0.2) is 27.9 Å². The van der Waals surface area contributed by atoms with E-state index in [0.717, 1.165) is 56.8 Å². The van der Waals surface area contributed by atoms with Gasteiger partial charge in [0.25, 0.3) is 0 Å². The standard InChI is InChI=1S/C31H26N.C28H26NS.C13H19N2.Ir/c1-31(2,3)29-20-27(19-26-11-7-8-12-28(26)29)30-21-25(17-18-32-30)24-15-13-23(14-16-24)22-9-5-4-6-10-22;1-17-12-18(2)14-21(13-17)25-27-24(10-11-29-25)23-9-7-20-15-19(16-28(3,4)5)6-8-22(20)26(23)30-27;1-10(2)14-13(15-11(3)4)12-8-6-5-7-9-12;/h4-18,20-21H,1-3H3;6-13,15H,16H2,1-5H3;5-11H,1-4H3;/q3*-1;+3. The van der Waals surface area contributed by atoms with E-state index >= 15 is 0 Å². The summed E-state index contributed by atoms with van der Waals surface area (Å²) in [7, 11) is 0. The molecule has 6 heteroatoms. The Hall–Kier alpha value is -7.08. The number of aryl methyl sites for hydroxylation is 2. The molecule has 0 unspecified atom stereocenters. The van der Waals surface area contributed by atoms with E-state index in [4.69, 9.17) is 9.97 Å². The van der Waals surface area contributed by atoms with Gasteiger partial charge in [-0.05, 0) is 91.0 Å². The molecule has 0 fully saturated rings. The molecule has 11 aromatic rings. The zero-order chi connectivity index (χ0) is 54.4. The summed E-state index contributed by atoms with van der Waals surface area (Å²) in [6.45, 7) is 26.2. The number of hydrogen-bond acceptors (Lipinski definition) is 4. The van der Waals surface area contributed by atoms with Crippen molar-refractivity contribution in [2.75, 3.05) is 0 Å². The molecule has 4 nitrogen and oxygen atoms in total. The van der Waals surface area contributed by atoms with E-state index in [1.54, 1.807) is 0 Å². The number of thiophene rings is 1. The molecule has 0 bridgehead atoms. The number of fused-ring (bicyclic) bond motifs is 6. The van der Waals surface area contributed by atoms with Gasteiger partial charge in [-0.3, -0.25) is 4.98 Å². The van der Waals surface area contributed by atoms with Gasteiger partial charge in [-0.2, -0.15) is 0 Å². The minimum Gasteiger partial charge on any atom is -0.462 e. The van der Waals surface area contributed by atoms with Crippen molar-refractivity contribution in [3.8, 4) is 44.8 Å². The molecular formula is C72H71IrN4S. The second-order valence-corrected chi connectivity index (χ2v) is 24.0. The van der Waals surface area contributed by atoms with E-state index in [2.05, 4.69) is 245 Å². The zero-order valence-corrected chi connectivity index (χ0v) is 50.5. The van der Waals surface area contributed by atoms with Gasteiger partial charge in [0.2, 0.25) is 0 Å². The van der Waals surface area contributed by atoms with Gasteiger partial charge in [-0.25, -0.2) is 0 Å². The van der Waals surface area contributed by atoms with Crippen LogP contribution in [0.2, 0.25) is 0 Å². The topological polar surface area (TPSA) is 52.2 Å². The van der Waals surface area contributed by atoms with Crippen molar-refractivity contribution in [1.29, 1.82) is 0 Å². The number of aliphatic imine (C=N–C) groups is 1. The minimum atomic E-state index is 0. The van der Waals surface area contributed by atoms with Crippen molar-refractivity contribution in [3.05, 3.63) is 234 Å². The molecule has 0 aliphatic heterocycles. The van der Waals surface area contributed by atoms with Crippen LogP contribution >= 0.6 is 11.3 Å². The summed E-state index contributed by atoms with van der Waals surface area (Å²) in [6, 6.07) is 70.1. The molecule has 0 radical (unpaired) electrons. The van der Waals surface area contributed by atoms with E-state index in [9.17, 15) is 0 Å². The summed E-state index contributed by atoms with van der Waals surface area (Å²) in [6.07, 6.45) is 4.92. The van der Waals surface area contributed by atoms with E-state index in [0.29, 0.717) is 5.41 Å². The first-order valence-corrected chi connectivity index (χ1v) is 27.8. The number of amidine groups is 1. The Morgan fingerprint density at radius 3 is 1.86 bits per heavy atom. The molecule has 0 N–H and O–H groups in total. The van der Waals surface area contributed by atoms with Gasteiger partial charge in [-0.1, -0.05) is 239 Å². The molecule has 0 spiro atoms. The fourth-order valence-electron chi connectivity index (χ4n) is 9.97. The van der Waals surface area contributed by atoms with E-state index in [-0.39, 0.29) is 37.6 Å². The maximum absolute atomic E-state index is 4.77. The molecule has 0 amide bonds. The fraction of sp³-hybridized carbons (Fsp3) is 0.236. The summed E-state index contributed by atoms with van der Waals surface area (Å²) in [5.41, 5.74) is 15.5. The molecule has 0 aliphatic carbocycles. The van der Waals surface area contributed by atoms with Crippen LogP contribution in [0.25, 0.3) is 91.8 Å². The molecule has 11 rings (SSSR count). The van der Waals surface area contributed by atoms with Crippen molar-refractivity contribution in [2.45, 2.75) is 107 Å². The maximum atomic E-state index is 4.77. The van der Waals surface area contributed by atoms with Crippen LogP contribution in [0.3, 0.4) is 0 Å². The van der Waals surface area contributed by atoms with Crippen LogP contribution in [-0.2, 0) is 31.9 Å². The van der Waals surface area contributed by atoms with Crippen LogP contribution in [0.5, 0.6) is 0 Å². The predicted octanol–water partition coefficient (Wildman–Crippen LogP) is 20.2. The largest absolute Gasteiger partial charge is 3.00 e. The van der Waals surface area contributed by atoms with Crippen molar-refractivity contribution in [2.24, 2.45) is 10.4 Å². The van der Waals surface area contributed by atoms with E-state index < -0.39 is 0 Å². The third-order valence-corrected chi connectivity index (χ3v) is 14.6. The van der Waals surface area contributed by atoms with E-state index in [1.807, 2.05) is 60.1 Å². The van der Waals surface area contributed by atoms with Gasteiger partial charge in [0.15, 0.2) is 0 Å². The van der Waals surface area contributed by atoms with Crippen molar-refractivity contribution < 1.29 is 20.1 Å². The second kappa shape index (κ2) is 24.7. The third kappa shape index (κ3) is 14.0. The normalized spacial score (nSPS) is 11.8. The Kier molecular flexibility index (Phi) is 18.1. The summed E-state index contributed by atoms with van der Waals surface area (Å²) in [5.74, 6) is 0.862. The molecule has 0 saturated carbocycles. The molecular weight excluding hydrogens is 1150 g/mol. The van der Waals surface area contributed by atoms with Crippen LogP contribution in [0.15, 0.2) is 193 Å². The Bertz CT molecular complexity index is 3820. The predicted molar refractivity (Wildman–Crippen MR) is 334 cm³/mol. The van der Waals surface area contributed by atoms with Crippen molar-refractivity contribution >= 4 is 58.9 Å². The van der Waals surface area contributed by atoms with Gasteiger partial charge in [-0.15, -0.1) is 75.4 Å². The Morgan fingerprint density at radius 1 is 0.564 bits per heavy atom. The Labute approximate surface area is 481 Å². The average molecular weight is 1220 g/mol. The first-order chi connectivity index (χ1) is 36.9. The Balaban J connectivity index is 0.000000163. The molecule has 0 saturated heterocycles. The van der Waals surface area contributed by atoms with Gasteiger partial charge in [0.1, 0.15) is 0 Å². The summed E-state index contributed by atoms with van der Waals surface area (Å²) in [4.78, 5) is 14.0. The number of pyridine rings is 2. The number of benzene rings is 8. The minimum absolute atomic E-state index is 0. The summed E-state index contributed by atoms with van der Waals surface area (Å²) in [5, 5.41) is 12.2. The Morgan fingerprint density at radius 2 is 1.19 bits per heavy atom. The van der Waals surface area contributed by atoms with Crippen molar-refractivity contribution in [1.82, 2.24) is 9.97 Å². The summed E-state index contributed by atoms with van der Waals surface area (Å²) >= 11 is 1.86. The monoisotopic (exact) mass is 1220 g/mol. The molecule has 78 heavy (non-hydrogen) atoms. The SMILES string of the molecule is CC(C)(C)c1cc(-c2cc(-c3ccc(-c4ccccc4)cc3)ccn2)[c-]c2ccccc12.CC(C)N=C([N-]C(C)C)c1ccccc1.Cc1[c-]c(-c2nccc3c2sc2c4ccc(CC(C)(C)C)cc4ccc32)cc(C)c1.[Ir+3]. The first kappa shape index (κ1) is 57.1. The third-order valence-electron chi connectivity index (χ3n) is 13.3. The van der Waals surface area contributed by atoms with E-state index in [1.165, 1.54) is 69.7 Å². The molecule has 0 aliphatic rings. The maximum Gasteiger partial charge on any atom is 3.00 e. The number of hydrogen-bond donors (Lipinski definition) is 0. The average Bonchev–Trinajstić information content (AvgIpc) is 3.89. The smallest absolute Gasteiger partial charge is 0.462 e. The van der Waals surface area contributed by atoms with Gasteiger partial charge in [0, 0.05) is 38.6 Å². The van der Waals surface area contributed by atoms with Gasteiger partial charge < -0.3 is 15.3 Å². The number of nitrogens with zero attached hydrogens (tertiary/aromatic N) is 4.